The van der Waals surface area contributed by atoms with E-state index in [9.17, 15) is 23.1 Å². The number of carboxylic acids is 1. The highest BCUT2D eigenvalue weighted by Crippen LogP contribution is 2.33. The summed E-state index contributed by atoms with van der Waals surface area (Å²) in [5.74, 6) is -0.654. The van der Waals surface area contributed by atoms with Gasteiger partial charge in [0.15, 0.2) is 5.69 Å². The molecule has 0 unspecified atom stereocenters. The third-order valence-electron chi connectivity index (χ3n) is 3.89. The van der Waals surface area contributed by atoms with Gasteiger partial charge in [-0.05, 0) is 37.6 Å². The lowest BCUT2D eigenvalue weighted by atomic mass is 10.1. The van der Waals surface area contributed by atoms with Gasteiger partial charge < -0.3 is 14.3 Å². The van der Waals surface area contributed by atoms with E-state index in [0.29, 0.717) is 16.5 Å². The molecule has 3 rings (SSSR count). The molecule has 8 heteroatoms. The Bertz CT molecular complexity index is 992. The highest BCUT2D eigenvalue weighted by atomic mass is 19.4. The number of nitrogens with zero attached hydrogens (tertiary/aromatic N) is 1. The van der Waals surface area contributed by atoms with Gasteiger partial charge in [0.25, 0.3) is 0 Å². The zero-order chi connectivity index (χ0) is 19.1. The van der Waals surface area contributed by atoms with E-state index in [1.807, 2.05) is 0 Å². The van der Waals surface area contributed by atoms with E-state index in [1.165, 1.54) is 25.1 Å². The first-order chi connectivity index (χ1) is 12.2. The number of furan rings is 1. The number of aromatic nitrogens is 1. The van der Waals surface area contributed by atoms with Crippen LogP contribution in [0.4, 0.5) is 13.2 Å². The molecule has 0 fully saturated rings. The highest BCUT2D eigenvalue weighted by Gasteiger charge is 2.35. The summed E-state index contributed by atoms with van der Waals surface area (Å²) in [7, 11) is 0. The molecule has 26 heavy (non-hydrogen) atoms. The number of hydrogen-bond acceptors (Lipinski definition) is 4. The highest BCUT2D eigenvalue weighted by molar-refractivity contribution is 6.04. The van der Waals surface area contributed by atoms with E-state index in [4.69, 9.17) is 9.15 Å². The van der Waals surface area contributed by atoms with Crippen LogP contribution in [0.15, 0.2) is 34.9 Å². The third kappa shape index (κ3) is 3.22. The zero-order valence-electron chi connectivity index (χ0n) is 13.8. The van der Waals surface area contributed by atoms with Crippen LogP contribution in [0.2, 0.25) is 0 Å². The molecule has 0 aliphatic rings. The molecule has 0 radical (unpaired) electrons. The number of carbonyl (C=O) groups is 1. The number of alkyl halides is 3. The van der Waals surface area contributed by atoms with Crippen molar-refractivity contribution in [3.8, 4) is 5.75 Å². The van der Waals surface area contributed by atoms with Gasteiger partial charge in [0, 0.05) is 17.1 Å². The summed E-state index contributed by atoms with van der Waals surface area (Å²) < 4.78 is 49.9. The van der Waals surface area contributed by atoms with Crippen LogP contribution in [0, 0.1) is 13.8 Å². The molecule has 0 amide bonds. The fraction of sp³-hybridized carbons (Fsp3) is 0.222. The topological polar surface area (TPSA) is 72.6 Å². The maximum atomic E-state index is 13.0. The van der Waals surface area contributed by atoms with Gasteiger partial charge in [0.1, 0.15) is 29.3 Å². The molecule has 1 aromatic carbocycles. The smallest absolute Gasteiger partial charge is 0.433 e. The lowest BCUT2D eigenvalue weighted by Gasteiger charge is -2.13. The van der Waals surface area contributed by atoms with Crippen molar-refractivity contribution < 1.29 is 32.2 Å². The van der Waals surface area contributed by atoms with Crippen LogP contribution in [-0.2, 0) is 12.8 Å². The van der Waals surface area contributed by atoms with Gasteiger partial charge in [-0.25, -0.2) is 4.79 Å². The van der Waals surface area contributed by atoms with Crippen LogP contribution < -0.4 is 4.74 Å². The minimum atomic E-state index is -4.59. The van der Waals surface area contributed by atoms with Crippen LogP contribution >= 0.6 is 0 Å². The van der Waals surface area contributed by atoms with Gasteiger partial charge >= 0.3 is 12.1 Å². The van der Waals surface area contributed by atoms with E-state index < -0.39 is 17.8 Å². The summed E-state index contributed by atoms with van der Waals surface area (Å²) in [5.41, 5.74) is -0.0892. The van der Waals surface area contributed by atoms with Crippen LogP contribution in [0.1, 0.15) is 32.9 Å². The third-order valence-corrected chi connectivity index (χ3v) is 3.89. The van der Waals surface area contributed by atoms with Gasteiger partial charge in [-0.3, -0.25) is 4.98 Å². The van der Waals surface area contributed by atoms with Gasteiger partial charge in [0.2, 0.25) is 0 Å². The number of aromatic carboxylic acids is 1. The number of pyridine rings is 1. The Morgan fingerprint density at radius 3 is 2.69 bits per heavy atom. The quantitative estimate of drug-likeness (QED) is 0.723. The molecular weight excluding hydrogens is 351 g/mol. The molecule has 0 saturated carbocycles. The van der Waals surface area contributed by atoms with Gasteiger partial charge in [-0.2, -0.15) is 13.2 Å². The van der Waals surface area contributed by atoms with Crippen molar-refractivity contribution in [2.45, 2.75) is 26.6 Å². The van der Waals surface area contributed by atoms with Crippen LogP contribution in [0.3, 0.4) is 0 Å². The Kier molecular flexibility index (Phi) is 4.35. The number of hydrogen-bond donors (Lipinski definition) is 1. The van der Waals surface area contributed by atoms with E-state index in [0.717, 1.165) is 6.20 Å². The lowest BCUT2D eigenvalue weighted by Crippen LogP contribution is -2.13. The summed E-state index contributed by atoms with van der Waals surface area (Å²) in [5, 5.41) is 9.67. The summed E-state index contributed by atoms with van der Waals surface area (Å²) in [6, 6.07) is 5.71. The minimum absolute atomic E-state index is 0.00547. The average molecular weight is 365 g/mol. The first kappa shape index (κ1) is 17.8. The fourth-order valence-corrected chi connectivity index (χ4v) is 2.78. The molecule has 0 aliphatic heterocycles. The van der Waals surface area contributed by atoms with Crippen LogP contribution in [0.5, 0.6) is 5.75 Å². The standard InChI is InChI=1S/C18H14F3NO4/c1-9-6-12(7-13-14(17(23)24)10(2)26-15(9)13)25-8-11-4-3-5-22-16(11)18(19,20)21/h3-7H,8H2,1-2H3,(H,23,24). The number of fused-ring (bicyclic) bond motifs is 1. The van der Waals surface area contributed by atoms with Crippen LogP contribution in [0.25, 0.3) is 11.0 Å². The Morgan fingerprint density at radius 1 is 1.31 bits per heavy atom. The second-order valence-corrected chi connectivity index (χ2v) is 5.75. The fourth-order valence-electron chi connectivity index (χ4n) is 2.78. The predicted octanol–water partition coefficient (Wildman–Crippen LogP) is 4.74. The van der Waals surface area contributed by atoms with Crippen molar-refractivity contribution in [1.29, 1.82) is 0 Å². The monoisotopic (exact) mass is 365 g/mol. The Labute approximate surface area is 146 Å². The zero-order valence-corrected chi connectivity index (χ0v) is 13.8. The van der Waals surface area contributed by atoms with Crippen molar-refractivity contribution in [2.75, 3.05) is 0 Å². The molecule has 2 aromatic heterocycles. The molecule has 0 saturated heterocycles. The number of halogens is 3. The van der Waals surface area contributed by atoms with Gasteiger partial charge in [-0.15, -0.1) is 0 Å². The second-order valence-electron chi connectivity index (χ2n) is 5.75. The minimum Gasteiger partial charge on any atom is -0.489 e. The van der Waals surface area contributed by atoms with Crippen molar-refractivity contribution in [3.63, 3.8) is 0 Å². The molecule has 0 bridgehead atoms. The summed E-state index contributed by atoms with van der Waals surface area (Å²) in [4.78, 5) is 14.8. The largest absolute Gasteiger partial charge is 0.489 e. The van der Waals surface area contributed by atoms with E-state index in [-0.39, 0.29) is 29.2 Å². The molecule has 136 valence electrons. The maximum absolute atomic E-state index is 13.0. The summed E-state index contributed by atoms with van der Waals surface area (Å²) >= 11 is 0. The molecule has 0 aliphatic carbocycles. The van der Waals surface area contributed by atoms with Crippen LogP contribution in [-0.4, -0.2) is 16.1 Å². The van der Waals surface area contributed by atoms with Gasteiger partial charge in [-0.1, -0.05) is 6.07 Å². The first-order valence-corrected chi connectivity index (χ1v) is 7.59. The molecule has 1 N–H and O–H groups in total. The number of carboxylic acid groups (broad SMARTS) is 1. The Hall–Kier alpha value is -3.03. The molecule has 2 heterocycles. The lowest BCUT2D eigenvalue weighted by molar-refractivity contribution is -0.142. The molecule has 5 nitrogen and oxygen atoms in total. The maximum Gasteiger partial charge on any atom is 0.433 e. The molecule has 3 aromatic rings. The van der Waals surface area contributed by atoms with E-state index in [1.54, 1.807) is 13.0 Å². The number of rotatable bonds is 4. The van der Waals surface area contributed by atoms with Gasteiger partial charge in [0.05, 0.1) is 0 Å². The van der Waals surface area contributed by atoms with Crippen molar-refractivity contribution in [3.05, 3.63) is 58.6 Å². The SMILES string of the molecule is Cc1oc2c(C)cc(OCc3cccnc3C(F)(F)F)cc2c1C(=O)O. The molecule has 0 spiro atoms. The normalized spacial score (nSPS) is 11.7. The number of ether oxygens (including phenoxy) is 1. The number of benzene rings is 1. The summed E-state index contributed by atoms with van der Waals surface area (Å²) in [6.45, 7) is 2.89. The number of aryl methyl sites for hydroxylation is 2. The van der Waals surface area contributed by atoms with E-state index >= 15 is 0 Å². The second kappa shape index (κ2) is 6.36. The average Bonchev–Trinajstić information content (AvgIpc) is 2.89. The van der Waals surface area contributed by atoms with Crippen molar-refractivity contribution >= 4 is 16.9 Å². The van der Waals surface area contributed by atoms with E-state index in [2.05, 4.69) is 4.98 Å². The molecular formula is C18H14F3NO4. The van der Waals surface area contributed by atoms with Crippen molar-refractivity contribution in [1.82, 2.24) is 4.98 Å². The Morgan fingerprint density at radius 2 is 2.04 bits per heavy atom. The molecule has 0 atom stereocenters. The predicted molar refractivity (Wildman–Crippen MR) is 86.2 cm³/mol. The first-order valence-electron chi connectivity index (χ1n) is 7.59. The summed E-state index contributed by atoms with van der Waals surface area (Å²) in [6.07, 6.45) is -3.52. The Balaban J connectivity index is 1.96. The van der Waals surface area contributed by atoms with Crippen molar-refractivity contribution in [2.24, 2.45) is 0 Å².